The van der Waals surface area contributed by atoms with Crippen LogP contribution in [-0.2, 0) is 0 Å². The van der Waals surface area contributed by atoms with Crippen molar-refractivity contribution in [2.24, 2.45) is 0 Å². The first kappa shape index (κ1) is 11.2. The molecule has 0 unspecified atom stereocenters. The molecular formula is C12H11ClN4O. The van der Waals surface area contributed by atoms with Crippen molar-refractivity contribution in [2.75, 3.05) is 0 Å². The molecule has 3 rings (SSSR count). The first-order chi connectivity index (χ1) is 8.58. The zero-order chi connectivity index (χ0) is 12.9. The number of aromatic nitrogens is 4. The minimum Gasteiger partial charge on any atom is -0.289 e. The Hall–Kier alpha value is -1.88. The van der Waals surface area contributed by atoms with E-state index in [0.717, 1.165) is 16.4 Å². The molecule has 0 amide bonds. The first-order valence-electron chi connectivity index (χ1n) is 5.64. The lowest BCUT2D eigenvalue weighted by Gasteiger charge is -2.08. The molecule has 0 bridgehead atoms. The van der Waals surface area contributed by atoms with Crippen LogP contribution in [-0.4, -0.2) is 19.7 Å². The van der Waals surface area contributed by atoms with Gasteiger partial charge in [-0.15, -0.1) is 10.2 Å². The lowest BCUT2D eigenvalue weighted by Crippen LogP contribution is -2.18. The van der Waals surface area contributed by atoms with Crippen molar-refractivity contribution in [3.8, 4) is 0 Å². The van der Waals surface area contributed by atoms with Gasteiger partial charge in [-0.05, 0) is 32.0 Å². The molecule has 0 aliphatic rings. The molecular weight excluding hydrogens is 252 g/mol. The Bertz CT molecular complexity index is 803. The van der Waals surface area contributed by atoms with E-state index in [1.165, 1.54) is 0 Å². The van der Waals surface area contributed by atoms with Gasteiger partial charge in [-0.1, -0.05) is 11.6 Å². The molecule has 1 aromatic carbocycles. The molecule has 18 heavy (non-hydrogen) atoms. The van der Waals surface area contributed by atoms with Crippen molar-refractivity contribution in [2.45, 2.75) is 19.9 Å². The average Bonchev–Trinajstić information content (AvgIpc) is 2.65. The second-order valence-electron chi connectivity index (χ2n) is 4.45. The number of rotatable bonds is 1. The van der Waals surface area contributed by atoms with E-state index < -0.39 is 0 Å². The molecule has 3 aromatic rings. The highest BCUT2D eigenvalue weighted by atomic mass is 35.5. The highest BCUT2D eigenvalue weighted by molar-refractivity contribution is 6.31. The summed E-state index contributed by atoms with van der Waals surface area (Å²) in [7, 11) is 0. The molecule has 0 fully saturated rings. The fourth-order valence-corrected chi connectivity index (χ4v) is 2.32. The van der Waals surface area contributed by atoms with Gasteiger partial charge in [-0.2, -0.15) is 0 Å². The van der Waals surface area contributed by atoms with Crippen molar-refractivity contribution < 1.29 is 0 Å². The van der Waals surface area contributed by atoms with Crippen molar-refractivity contribution in [3.63, 3.8) is 0 Å². The zero-order valence-corrected chi connectivity index (χ0v) is 10.7. The highest BCUT2D eigenvalue weighted by Gasteiger charge is 2.14. The number of benzene rings is 1. The van der Waals surface area contributed by atoms with E-state index in [2.05, 4.69) is 15.2 Å². The second kappa shape index (κ2) is 3.81. The molecule has 0 aliphatic heterocycles. The van der Waals surface area contributed by atoms with Crippen LogP contribution < -0.4 is 5.69 Å². The van der Waals surface area contributed by atoms with Crippen LogP contribution in [0.15, 0.2) is 23.0 Å². The Morgan fingerprint density at radius 3 is 2.83 bits per heavy atom. The fourth-order valence-electron chi connectivity index (χ4n) is 2.15. The monoisotopic (exact) mass is 262 g/mol. The molecule has 2 heterocycles. The van der Waals surface area contributed by atoms with E-state index >= 15 is 0 Å². The summed E-state index contributed by atoms with van der Waals surface area (Å²) in [6.45, 7) is 3.90. The molecule has 0 saturated carbocycles. The number of H-pyrrole nitrogens is 1. The maximum Gasteiger partial charge on any atom is 0.327 e. The van der Waals surface area contributed by atoms with E-state index in [-0.39, 0.29) is 11.7 Å². The molecule has 0 spiro atoms. The fraction of sp³-hybridized carbons (Fsp3) is 0.250. The maximum absolute atomic E-state index is 11.9. The third kappa shape index (κ3) is 1.51. The number of hydrogen-bond acceptors (Lipinski definition) is 3. The van der Waals surface area contributed by atoms with E-state index in [1.54, 1.807) is 22.8 Å². The van der Waals surface area contributed by atoms with Crippen molar-refractivity contribution in [3.05, 3.63) is 33.7 Å². The molecule has 0 aliphatic carbocycles. The lowest BCUT2D eigenvalue weighted by molar-refractivity contribution is 0.599. The molecule has 0 saturated heterocycles. The Morgan fingerprint density at radius 2 is 2.11 bits per heavy atom. The molecule has 0 atom stereocenters. The maximum atomic E-state index is 11.9. The quantitative estimate of drug-likeness (QED) is 0.733. The van der Waals surface area contributed by atoms with Gasteiger partial charge in [0.2, 0.25) is 0 Å². The molecule has 92 valence electrons. The molecule has 6 heteroatoms. The number of nitrogens with zero attached hydrogens (tertiary/aromatic N) is 3. The standard InChI is InChI=1S/C12H11ClN4O/c1-6(2)17-10-8-5-7(13)3-4-9(8)15-16-11(10)14-12(17)18/h3-6H,1-2H3,(H,14,16,18). The Labute approximate surface area is 107 Å². The topological polar surface area (TPSA) is 63.6 Å². The van der Waals surface area contributed by atoms with Gasteiger partial charge in [0, 0.05) is 16.5 Å². The highest BCUT2D eigenvalue weighted by Crippen LogP contribution is 2.24. The third-order valence-electron chi connectivity index (χ3n) is 2.90. The van der Waals surface area contributed by atoms with Crippen LogP contribution in [0.4, 0.5) is 0 Å². The minimum atomic E-state index is -0.179. The number of aromatic amines is 1. The van der Waals surface area contributed by atoms with Gasteiger partial charge in [0.15, 0.2) is 5.65 Å². The first-order valence-corrected chi connectivity index (χ1v) is 6.02. The molecule has 2 aromatic heterocycles. The van der Waals surface area contributed by atoms with Crippen molar-refractivity contribution in [1.29, 1.82) is 0 Å². The van der Waals surface area contributed by atoms with E-state index in [4.69, 9.17) is 11.6 Å². The number of hydrogen-bond donors (Lipinski definition) is 1. The SMILES string of the molecule is CC(C)n1c(=O)[nH]c2nnc3ccc(Cl)cc3c21. The summed E-state index contributed by atoms with van der Waals surface area (Å²) in [5, 5.41) is 9.55. The predicted octanol–water partition coefficient (Wildman–Crippen LogP) is 2.51. The summed E-state index contributed by atoms with van der Waals surface area (Å²) in [5.41, 5.74) is 1.79. The minimum absolute atomic E-state index is 0.0395. The summed E-state index contributed by atoms with van der Waals surface area (Å²) in [6.07, 6.45) is 0. The predicted molar refractivity (Wildman–Crippen MR) is 71.0 cm³/mol. The number of fused-ring (bicyclic) bond motifs is 3. The van der Waals surface area contributed by atoms with Crippen LogP contribution in [0.5, 0.6) is 0 Å². The Morgan fingerprint density at radius 1 is 1.33 bits per heavy atom. The largest absolute Gasteiger partial charge is 0.327 e. The van der Waals surface area contributed by atoms with Crippen molar-refractivity contribution in [1.82, 2.24) is 19.7 Å². The molecule has 5 nitrogen and oxygen atoms in total. The summed E-state index contributed by atoms with van der Waals surface area (Å²) in [6, 6.07) is 5.40. The van der Waals surface area contributed by atoms with E-state index in [1.807, 2.05) is 13.8 Å². The summed E-state index contributed by atoms with van der Waals surface area (Å²) in [4.78, 5) is 14.6. The lowest BCUT2D eigenvalue weighted by atomic mass is 10.2. The number of halogens is 1. The van der Waals surface area contributed by atoms with Gasteiger partial charge >= 0.3 is 5.69 Å². The van der Waals surface area contributed by atoms with Gasteiger partial charge < -0.3 is 0 Å². The van der Waals surface area contributed by atoms with Crippen LogP contribution in [0, 0.1) is 0 Å². The molecule has 0 radical (unpaired) electrons. The van der Waals surface area contributed by atoms with Gasteiger partial charge in [-0.3, -0.25) is 9.55 Å². The Balaban J connectivity index is 2.59. The average molecular weight is 263 g/mol. The third-order valence-corrected chi connectivity index (χ3v) is 3.13. The number of nitrogens with one attached hydrogen (secondary N) is 1. The van der Waals surface area contributed by atoms with Crippen LogP contribution in [0.3, 0.4) is 0 Å². The van der Waals surface area contributed by atoms with E-state index in [9.17, 15) is 4.79 Å². The van der Waals surface area contributed by atoms with Gasteiger partial charge in [0.05, 0.1) is 5.52 Å². The van der Waals surface area contributed by atoms with Gasteiger partial charge in [0.25, 0.3) is 0 Å². The van der Waals surface area contributed by atoms with Gasteiger partial charge in [-0.25, -0.2) is 4.79 Å². The van der Waals surface area contributed by atoms with Crippen molar-refractivity contribution >= 4 is 33.7 Å². The zero-order valence-electron chi connectivity index (χ0n) is 9.94. The Kier molecular flexibility index (Phi) is 2.38. The normalized spacial score (nSPS) is 11.8. The summed E-state index contributed by atoms with van der Waals surface area (Å²) in [5.74, 6) is 0. The smallest absolute Gasteiger partial charge is 0.289 e. The summed E-state index contributed by atoms with van der Waals surface area (Å²) < 4.78 is 1.67. The number of imidazole rings is 1. The van der Waals surface area contributed by atoms with Crippen LogP contribution in [0.25, 0.3) is 22.1 Å². The molecule has 1 N–H and O–H groups in total. The van der Waals surface area contributed by atoms with Crippen LogP contribution in [0.1, 0.15) is 19.9 Å². The second-order valence-corrected chi connectivity index (χ2v) is 4.89. The van der Waals surface area contributed by atoms with Gasteiger partial charge in [0.1, 0.15) is 5.52 Å². The van der Waals surface area contributed by atoms with Crippen LogP contribution >= 0.6 is 11.6 Å². The van der Waals surface area contributed by atoms with E-state index in [0.29, 0.717) is 10.7 Å². The van der Waals surface area contributed by atoms with Crippen LogP contribution in [0.2, 0.25) is 5.02 Å². The summed E-state index contributed by atoms with van der Waals surface area (Å²) >= 11 is 6.01.